The Balaban J connectivity index is 1.25. The molecule has 0 spiro atoms. The number of ether oxygens (including phenoxy) is 1. The topological polar surface area (TPSA) is 102 Å². The van der Waals surface area contributed by atoms with Gasteiger partial charge in [0.2, 0.25) is 5.91 Å². The number of benzene rings is 2. The Morgan fingerprint density at radius 2 is 1.97 bits per heavy atom. The Morgan fingerprint density at radius 3 is 2.78 bits per heavy atom. The Labute approximate surface area is 216 Å². The summed E-state index contributed by atoms with van der Waals surface area (Å²) < 4.78 is 5.90. The smallest absolute Gasteiger partial charge is 0.248 e. The number of fused-ring (bicyclic) bond motifs is 3. The molecule has 4 aromatic rings. The molecule has 188 valence electrons. The number of unbranched alkanes of at least 4 members (excludes halogenated alkanes) is 1. The van der Waals surface area contributed by atoms with Crippen LogP contribution in [0.25, 0.3) is 21.7 Å². The lowest BCUT2D eigenvalue weighted by molar-refractivity contribution is 0.100. The lowest BCUT2D eigenvalue weighted by atomic mass is 10.1. The molecule has 0 unspecified atom stereocenters. The van der Waals surface area contributed by atoms with E-state index in [2.05, 4.69) is 28.6 Å². The molecule has 1 amide bonds. The second kappa shape index (κ2) is 12.1. The number of carbonyl (C=O) groups is 1. The Morgan fingerprint density at radius 1 is 1.11 bits per heavy atom. The van der Waals surface area contributed by atoms with E-state index in [0.29, 0.717) is 24.3 Å². The van der Waals surface area contributed by atoms with Gasteiger partial charge in [0.1, 0.15) is 5.82 Å². The van der Waals surface area contributed by atoms with Gasteiger partial charge in [-0.25, -0.2) is 4.98 Å². The molecule has 0 aliphatic heterocycles. The van der Waals surface area contributed by atoms with Crippen molar-refractivity contribution >= 4 is 45.0 Å². The van der Waals surface area contributed by atoms with Crippen LogP contribution in [0.2, 0.25) is 5.02 Å². The van der Waals surface area contributed by atoms with Crippen molar-refractivity contribution in [2.24, 2.45) is 5.73 Å². The lowest BCUT2D eigenvalue weighted by Crippen LogP contribution is -2.23. The van der Waals surface area contributed by atoms with Gasteiger partial charge in [-0.2, -0.15) is 0 Å². The molecule has 0 aliphatic rings. The van der Waals surface area contributed by atoms with E-state index in [0.717, 1.165) is 58.5 Å². The van der Waals surface area contributed by atoms with E-state index in [1.807, 2.05) is 37.4 Å². The summed E-state index contributed by atoms with van der Waals surface area (Å²) in [5.74, 6) is 0.258. The van der Waals surface area contributed by atoms with Crippen LogP contribution in [0.15, 0.2) is 54.9 Å². The maximum atomic E-state index is 11.6. The van der Waals surface area contributed by atoms with Crippen molar-refractivity contribution < 1.29 is 9.53 Å². The third kappa shape index (κ3) is 6.49. The summed E-state index contributed by atoms with van der Waals surface area (Å²) in [6.45, 7) is 7.06. The van der Waals surface area contributed by atoms with Gasteiger partial charge >= 0.3 is 0 Å². The zero-order valence-electron chi connectivity index (χ0n) is 20.7. The van der Waals surface area contributed by atoms with Crippen molar-refractivity contribution in [1.29, 1.82) is 0 Å². The minimum absolute atomic E-state index is 0.0510. The molecule has 0 aliphatic carbocycles. The number of nitrogens with one attached hydrogen (secondary N) is 2. The SMILES string of the molecule is Cc1ccc(CNCCCCOC[C@@H](C)Nc2nc3cc(C(N)=O)ccc3c3cnccc23)cc1Cl. The van der Waals surface area contributed by atoms with Gasteiger partial charge in [0.15, 0.2) is 0 Å². The van der Waals surface area contributed by atoms with E-state index in [-0.39, 0.29) is 6.04 Å². The van der Waals surface area contributed by atoms with Crippen LogP contribution in [-0.4, -0.2) is 41.7 Å². The number of nitrogens with two attached hydrogens (primary N) is 1. The first-order valence-corrected chi connectivity index (χ1v) is 12.6. The number of hydrogen-bond donors (Lipinski definition) is 3. The monoisotopic (exact) mass is 505 g/mol. The first-order chi connectivity index (χ1) is 17.4. The van der Waals surface area contributed by atoms with Crippen molar-refractivity contribution in [2.45, 2.75) is 39.3 Å². The van der Waals surface area contributed by atoms with Crippen LogP contribution < -0.4 is 16.4 Å². The number of anilines is 1. The molecule has 0 radical (unpaired) electrons. The normalized spacial score (nSPS) is 12.2. The fourth-order valence-corrected chi connectivity index (χ4v) is 4.28. The van der Waals surface area contributed by atoms with Crippen molar-refractivity contribution in [2.75, 3.05) is 25.1 Å². The molecule has 8 heteroatoms. The standard InChI is InChI=1S/C28H32ClN5O2/c1-18-5-6-20(13-25(18)29)15-31-10-3-4-12-36-17-19(2)33-28-23-9-11-32-16-24(23)22-8-7-21(27(30)35)14-26(22)34-28/h5-9,11,13-14,16,19,31H,3-4,10,12,15,17H2,1-2H3,(H2,30,35)(H,33,34)/t19-/m1/s1. The molecule has 0 saturated heterocycles. The van der Waals surface area contributed by atoms with Gasteiger partial charge in [0, 0.05) is 58.3 Å². The molecule has 2 heterocycles. The molecule has 2 aromatic carbocycles. The summed E-state index contributed by atoms with van der Waals surface area (Å²) in [5.41, 5.74) is 8.88. The number of aryl methyl sites for hydroxylation is 1. The third-order valence-corrected chi connectivity index (χ3v) is 6.50. The van der Waals surface area contributed by atoms with Gasteiger partial charge in [0.25, 0.3) is 0 Å². The number of primary amides is 1. The van der Waals surface area contributed by atoms with Crippen LogP contribution in [-0.2, 0) is 11.3 Å². The van der Waals surface area contributed by atoms with Crippen LogP contribution in [0.1, 0.15) is 41.3 Å². The highest BCUT2D eigenvalue weighted by molar-refractivity contribution is 6.31. The molecule has 7 nitrogen and oxygen atoms in total. The minimum Gasteiger partial charge on any atom is -0.379 e. The summed E-state index contributed by atoms with van der Waals surface area (Å²) in [4.78, 5) is 20.7. The molecule has 4 N–H and O–H groups in total. The van der Waals surface area contributed by atoms with E-state index >= 15 is 0 Å². The predicted octanol–water partition coefficient (Wildman–Crippen LogP) is 5.23. The number of amides is 1. The summed E-state index contributed by atoms with van der Waals surface area (Å²) >= 11 is 6.19. The number of aromatic nitrogens is 2. The minimum atomic E-state index is -0.476. The van der Waals surface area contributed by atoms with Gasteiger partial charge < -0.3 is 21.1 Å². The summed E-state index contributed by atoms with van der Waals surface area (Å²) in [6, 6.07) is 13.5. The van der Waals surface area contributed by atoms with Crippen LogP contribution in [0, 0.1) is 6.92 Å². The van der Waals surface area contributed by atoms with E-state index in [9.17, 15) is 4.79 Å². The van der Waals surface area contributed by atoms with Crippen molar-refractivity contribution in [3.8, 4) is 0 Å². The first-order valence-electron chi connectivity index (χ1n) is 12.2. The number of halogens is 1. The van der Waals surface area contributed by atoms with Gasteiger partial charge in [-0.05, 0) is 68.6 Å². The number of rotatable bonds is 12. The van der Waals surface area contributed by atoms with Crippen LogP contribution in [0.3, 0.4) is 0 Å². The zero-order chi connectivity index (χ0) is 25.5. The highest BCUT2D eigenvalue weighted by atomic mass is 35.5. The second-order valence-electron chi connectivity index (χ2n) is 9.07. The second-order valence-corrected chi connectivity index (χ2v) is 9.47. The molecule has 2 aromatic heterocycles. The molecule has 1 atom stereocenters. The Kier molecular flexibility index (Phi) is 8.70. The van der Waals surface area contributed by atoms with E-state index < -0.39 is 5.91 Å². The summed E-state index contributed by atoms with van der Waals surface area (Å²) in [6.07, 6.45) is 5.58. The van der Waals surface area contributed by atoms with Gasteiger partial charge in [-0.1, -0.05) is 29.8 Å². The van der Waals surface area contributed by atoms with E-state index in [4.69, 9.17) is 27.1 Å². The maximum Gasteiger partial charge on any atom is 0.248 e. The fraction of sp³-hybridized carbons (Fsp3) is 0.321. The number of carbonyl (C=O) groups excluding carboxylic acids is 1. The number of pyridine rings is 2. The molecule has 0 saturated carbocycles. The predicted molar refractivity (Wildman–Crippen MR) is 147 cm³/mol. The lowest BCUT2D eigenvalue weighted by Gasteiger charge is -2.17. The summed E-state index contributed by atoms with van der Waals surface area (Å²) in [5, 5.41) is 10.6. The number of hydrogen-bond acceptors (Lipinski definition) is 6. The van der Waals surface area contributed by atoms with Gasteiger partial charge in [-0.3, -0.25) is 9.78 Å². The highest BCUT2D eigenvalue weighted by Gasteiger charge is 2.12. The molecular weight excluding hydrogens is 474 g/mol. The zero-order valence-corrected chi connectivity index (χ0v) is 21.4. The van der Waals surface area contributed by atoms with Gasteiger partial charge in [-0.15, -0.1) is 0 Å². The Hall–Kier alpha value is -3.26. The van der Waals surface area contributed by atoms with E-state index in [1.54, 1.807) is 18.3 Å². The van der Waals surface area contributed by atoms with Gasteiger partial charge in [0.05, 0.1) is 12.1 Å². The largest absolute Gasteiger partial charge is 0.379 e. The van der Waals surface area contributed by atoms with Crippen LogP contribution >= 0.6 is 11.6 Å². The molecular formula is C28H32ClN5O2. The van der Waals surface area contributed by atoms with Crippen LogP contribution in [0.5, 0.6) is 0 Å². The molecule has 0 fully saturated rings. The first kappa shape index (κ1) is 25.8. The fourth-order valence-electron chi connectivity index (χ4n) is 4.08. The maximum absolute atomic E-state index is 11.6. The van der Waals surface area contributed by atoms with Crippen molar-refractivity contribution in [1.82, 2.24) is 15.3 Å². The highest BCUT2D eigenvalue weighted by Crippen LogP contribution is 2.29. The summed E-state index contributed by atoms with van der Waals surface area (Å²) in [7, 11) is 0. The van der Waals surface area contributed by atoms with Crippen molar-refractivity contribution in [3.05, 3.63) is 76.6 Å². The number of nitrogens with zero attached hydrogens (tertiary/aromatic N) is 2. The molecule has 36 heavy (non-hydrogen) atoms. The molecule has 4 rings (SSSR count). The Bertz CT molecular complexity index is 1360. The van der Waals surface area contributed by atoms with Crippen LogP contribution in [0.4, 0.5) is 5.82 Å². The van der Waals surface area contributed by atoms with E-state index in [1.165, 1.54) is 5.56 Å². The quantitative estimate of drug-likeness (QED) is 0.180. The third-order valence-electron chi connectivity index (χ3n) is 6.09. The average molecular weight is 506 g/mol. The van der Waals surface area contributed by atoms with Crippen molar-refractivity contribution in [3.63, 3.8) is 0 Å². The molecule has 0 bridgehead atoms. The average Bonchev–Trinajstić information content (AvgIpc) is 2.87.